The molecule has 5 nitrogen and oxygen atoms in total. The number of amides is 1. The predicted octanol–water partition coefficient (Wildman–Crippen LogP) is 5.52. The lowest BCUT2D eigenvalue weighted by Crippen LogP contribution is -2.23. The molecule has 1 amide bonds. The Hall–Kier alpha value is -3.39. The molecule has 9 heteroatoms. The Balaban J connectivity index is 1.66. The molecule has 2 aromatic carbocycles. The fraction of sp³-hybridized carbons (Fsp3) is 0.136. The zero-order valence-corrected chi connectivity index (χ0v) is 16.9. The van der Waals surface area contributed by atoms with Gasteiger partial charge in [0.1, 0.15) is 0 Å². The van der Waals surface area contributed by atoms with Gasteiger partial charge in [0, 0.05) is 10.6 Å². The van der Waals surface area contributed by atoms with E-state index in [1.165, 1.54) is 12.1 Å². The first-order valence-corrected chi connectivity index (χ1v) is 9.40. The van der Waals surface area contributed by atoms with E-state index in [-0.39, 0.29) is 10.6 Å². The largest absolute Gasteiger partial charge is 0.452 e. The first kappa shape index (κ1) is 22.3. The van der Waals surface area contributed by atoms with Crippen LogP contribution >= 0.6 is 11.6 Å². The molecule has 0 aliphatic heterocycles. The molecule has 1 aromatic heterocycles. The number of nitrogens with zero attached hydrogens (tertiary/aromatic N) is 1. The van der Waals surface area contributed by atoms with Crippen molar-refractivity contribution >= 4 is 29.2 Å². The molecule has 0 saturated heterocycles. The Morgan fingerprint density at radius 3 is 2.42 bits per heavy atom. The SMILES string of the molecule is Cc1nc(-c2ccccc2)ccc1C(=O)OCC(=O)Nc1ccc(Cl)cc1C(F)(F)F. The van der Waals surface area contributed by atoms with Crippen LogP contribution in [0, 0.1) is 6.92 Å². The zero-order chi connectivity index (χ0) is 22.6. The monoisotopic (exact) mass is 448 g/mol. The molecule has 0 aliphatic rings. The third-order valence-corrected chi connectivity index (χ3v) is 4.51. The van der Waals surface area contributed by atoms with Crippen LogP contribution in [0.3, 0.4) is 0 Å². The number of esters is 1. The van der Waals surface area contributed by atoms with Crippen molar-refractivity contribution in [1.82, 2.24) is 4.98 Å². The number of benzene rings is 2. The summed E-state index contributed by atoms with van der Waals surface area (Å²) in [4.78, 5) is 28.7. The number of ether oxygens (including phenoxy) is 1. The number of nitrogens with one attached hydrogen (secondary N) is 1. The summed E-state index contributed by atoms with van der Waals surface area (Å²) in [6, 6.07) is 15.4. The van der Waals surface area contributed by atoms with Crippen LogP contribution in [0.2, 0.25) is 5.02 Å². The van der Waals surface area contributed by atoms with Crippen molar-refractivity contribution < 1.29 is 27.5 Å². The van der Waals surface area contributed by atoms with E-state index in [1.54, 1.807) is 13.0 Å². The van der Waals surface area contributed by atoms with Crippen molar-refractivity contribution in [2.24, 2.45) is 0 Å². The molecule has 0 bridgehead atoms. The highest BCUT2D eigenvalue weighted by Gasteiger charge is 2.34. The van der Waals surface area contributed by atoms with Gasteiger partial charge in [-0.15, -0.1) is 0 Å². The van der Waals surface area contributed by atoms with Crippen molar-refractivity contribution in [2.75, 3.05) is 11.9 Å². The lowest BCUT2D eigenvalue weighted by Gasteiger charge is -2.14. The van der Waals surface area contributed by atoms with E-state index < -0.39 is 35.9 Å². The molecule has 0 spiro atoms. The molecular weight excluding hydrogens is 433 g/mol. The number of alkyl halides is 3. The van der Waals surface area contributed by atoms with E-state index in [0.717, 1.165) is 11.6 Å². The van der Waals surface area contributed by atoms with Crippen LogP contribution in [0.15, 0.2) is 60.7 Å². The Labute approximate surface area is 180 Å². The third-order valence-electron chi connectivity index (χ3n) is 4.27. The second kappa shape index (κ2) is 9.18. The fourth-order valence-corrected chi connectivity index (χ4v) is 2.97. The van der Waals surface area contributed by atoms with Crippen molar-refractivity contribution in [1.29, 1.82) is 0 Å². The van der Waals surface area contributed by atoms with Crippen LogP contribution in [0.1, 0.15) is 21.6 Å². The smallest absolute Gasteiger partial charge is 0.418 e. The second-order valence-corrected chi connectivity index (χ2v) is 6.94. The quantitative estimate of drug-likeness (QED) is 0.521. The van der Waals surface area contributed by atoms with Crippen LogP contribution in [0.25, 0.3) is 11.3 Å². The highest BCUT2D eigenvalue weighted by Crippen LogP contribution is 2.36. The Kier molecular flexibility index (Phi) is 6.60. The normalized spacial score (nSPS) is 11.1. The van der Waals surface area contributed by atoms with Gasteiger partial charge in [-0.2, -0.15) is 13.2 Å². The van der Waals surface area contributed by atoms with Gasteiger partial charge in [0.2, 0.25) is 0 Å². The van der Waals surface area contributed by atoms with Gasteiger partial charge >= 0.3 is 12.1 Å². The molecule has 3 aromatic rings. The van der Waals surface area contributed by atoms with Gasteiger partial charge in [-0.25, -0.2) is 4.79 Å². The van der Waals surface area contributed by atoms with Gasteiger partial charge in [-0.1, -0.05) is 41.9 Å². The summed E-state index contributed by atoms with van der Waals surface area (Å²) in [6.45, 7) is 0.852. The molecule has 160 valence electrons. The fourth-order valence-electron chi connectivity index (χ4n) is 2.80. The number of hydrogen-bond donors (Lipinski definition) is 1. The van der Waals surface area contributed by atoms with Crippen LogP contribution in [0.5, 0.6) is 0 Å². The molecule has 31 heavy (non-hydrogen) atoms. The summed E-state index contributed by atoms with van der Waals surface area (Å²) in [5.74, 6) is -1.74. The lowest BCUT2D eigenvalue weighted by molar-refractivity contribution is -0.137. The van der Waals surface area contributed by atoms with Crippen molar-refractivity contribution in [3.8, 4) is 11.3 Å². The Morgan fingerprint density at radius 1 is 1.06 bits per heavy atom. The van der Waals surface area contributed by atoms with E-state index in [0.29, 0.717) is 17.5 Å². The van der Waals surface area contributed by atoms with E-state index in [1.807, 2.05) is 30.3 Å². The summed E-state index contributed by atoms with van der Waals surface area (Å²) in [6.07, 6.45) is -4.71. The minimum absolute atomic E-state index is 0.126. The number of carbonyl (C=O) groups excluding carboxylic acids is 2. The number of pyridine rings is 1. The topological polar surface area (TPSA) is 68.3 Å². The van der Waals surface area contributed by atoms with Crippen LogP contribution in [0.4, 0.5) is 18.9 Å². The minimum Gasteiger partial charge on any atom is -0.452 e. The predicted molar refractivity (Wildman–Crippen MR) is 110 cm³/mol. The molecule has 1 N–H and O–H groups in total. The number of carbonyl (C=O) groups is 2. The van der Waals surface area contributed by atoms with Gasteiger partial charge < -0.3 is 10.1 Å². The Morgan fingerprint density at radius 2 is 1.77 bits per heavy atom. The van der Waals surface area contributed by atoms with Gasteiger partial charge in [0.05, 0.1) is 28.2 Å². The van der Waals surface area contributed by atoms with Crippen LogP contribution < -0.4 is 5.32 Å². The van der Waals surface area contributed by atoms with E-state index in [9.17, 15) is 22.8 Å². The standard InChI is InChI=1S/C22H16ClF3N2O3/c1-13-16(8-10-18(27-13)14-5-3-2-4-6-14)21(30)31-12-20(29)28-19-9-7-15(23)11-17(19)22(24,25)26/h2-11H,12H2,1H3,(H,28,29). The second-order valence-electron chi connectivity index (χ2n) is 6.51. The minimum atomic E-state index is -4.71. The molecular formula is C22H16ClF3N2O3. The van der Waals surface area contributed by atoms with Gasteiger partial charge in [0.25, 0.3) is 5.91 Å². The zero-order valence-electron chi connectivity index (χ0n) is 16.2. The van der Waals surface area contributed by atoms with Gasteiger partial charge in [-0.3, -0.25) is 9.78 Å². The molecule has 1 heterocycles. The van der Waals surface area contributed by atoms with Crippen molar-refractivity contribution in [3.05, 3.63) is 82.5 Å². The summed E-state index contributed by atoms with van der Waals surface area (Å²) < 4.78 is 44.3. The van der Waals surface area contributed by atoms with Crippen molar-refractivity contribution in [2.45, 2.75) is 13.1 Å². The number of hydrogen-bond acceptors (Lipinski definition) is 4. The molecule has 0 atom stereocenters. The molecule has 0 radical (unpaired) electrons. The summed E-state index contributed by atoms with van der Waals surface area (Å²) >= 11 is 5.61. The summed E-state index contributed by atoms with van der Waals surface area (Å²) in [5.41, 5.74) is 0.487. The van der Waals surface area contributed by atoms with E-state index in [4.69, 9.17) is 16.3 Å². The van der Waals surface area contributed by atoms with Gasteiger partial charge in [-0.05, 0) is 37.3 Å². The first-order valence-electron chi connectivity index (χ1n) is 9.02. The maximum atomic E-state index is 13.1. The summed E-state index contributed by atoms with van der Waals surface area (Å²) in [7, 11) is 0. The van der Waals surface area contributed by atoms with E-state index >= 15 is 0 Å². The first-order chi connectivity index (χ1) is 14.6. The molecule has 3 rings (SSSR count). The van der Waals surface area contributed by atoms with E-state index in [2.05, 4.69) is 10.3 Å². The number of anilines is 1. The maximum absolute atomic E-state index is 13.1. The Bertz CT molecular complexity index is 1120. The third kappa shape index (κ3) is 5.61. The molecule has 0 saturated carbocycles. The average Bonchev–Trinajstić information content (AvgIpc) is 2.73. The van der Waals surface area contributed by atoms with Crippen molar-refractivity contribution in [3.63, 3.8) is 0 Å². The maximum Gasteiger partial charge on any atom is 0.418 e. The average molecular weight is 449 g/mol. The number of aryl methyl sites for hydroxylation is 1. The molecule has 0 unspecified atom stereocenters. The van der Waals surface area contributed by atoms with Crippen LogP contribution in [-0.4, -0.2) is 23.5 Å². The molecule has 0 fully saturated rings. The number of aromatic nitrogens is 1. The lowest BCUT2D eigenvalue weighted by atomic mass is 10.1. The van der Waals surface area contributed by atoms with Crippen LogP contribution in [-0.2, 0) is 15.7 Å². The number of rotatable bonds is 5. The number of halogens is 4. The highest BCUT2D eigenvalue weighted by molar-refractivity contribution is 6.30. The highest BCUT2D eigenvalue weighted by atomic mass is 35.5. The van der Waals surface area contributed by atoms with Gasteiger partial charge in [0.15, 0.2) is 6.61 Å². The summed E-state index contributed by atoms with van der Waals surface area (Å²) in [5, 5.41) is 1.96. The molecule has 0 aliphatic carbocycles.